The lowest BCUT2D eigenvalue weighted by Crippen LogP contribution is -2.17. The van der Waals surface area contributed by atoms with Crippen LogP contribution in [0.3, 0.4) is 0 Å². The maximum absolute atomic E-state index is 6.35. The zero-order valence-corrected chi connectivity index (χ0v) is 21.0. The summed E-state index contributed by atoms with van der Waals surface area (Å²) in [6.45, 7) is 4.06. The molecule has 0 amide bonds. The Kier molecular flexibility index (Phi) is 6.64. The first-order chi connectivity index (χ1) is 18.2. The zero-order chi connectivity index (χ0) is 25.0. The Labute approximate surface area is 215 Å². The van der Waals surface area contributed by atoms with Crippen molar-refractivity contribution in [3.8, 4) is 17.4 Å². The van der Waals surface area contributed by atoms with Crippen molar-refractivity contribution in [3.63, 3.8) is 0 Å². The summed E-state index contributed by atoms with van der Waals surface area (Å²) in [6, 6.07) is 20.9. The van der Waals surface area contributed by atoms with E-state index in [1.54, 1.807) is 4.52 Å². The predicted octanol–water partition coefficient (Wildman–Crippen LogP) is 4.88. The van der Waals surface area contributed by atoms with Crippen molar-refractivity contribution in [2.24, 2.45) is 0 Å². The fraction of sp³-hybridized carbons (Fsp3) is 0.310. The first kappa shape index (κ1) is 23.4. The molecule has 8 heteroatoms. The molecule has 8 nitrogen and oxygen atoms in total. The third kappa shape index (κ3) is 5.11. The van der Waals surface area contributed by atoms with Gasteiger partial charge in [-0.15, -0.1) is 15.3 Å². The van der Waals surface area contributed by atoms with E-state index in [0.717, 1.165) is 67.7 Å². The Morgan fingerprint density at radius 2 is 1.73 bits per heavy atom. The lowest BCUT2D eigenvalue weighted by atomic mass is 9.93. The van der Waals surface area contributed by atoms with E-state index in [9.17, 15) is 0 Å². The third-order valence-corrected chi connectivity index (χ3v) is 6.81. The van der Waals surface area contributed by atoms with Gasteiger partial charge < -0.3 is 14.6 Å². The van der Waals surface area contributed by atoms with Crippen LogP contribution in [0.2, 0.25) is 0 Å². The van der Waals surface area contributed by atoms with Gasteiger partial charge in [-0.2, -0.15) is 4.52 Å². The van der Waals surface area contributed by atoms with Crippen LogP contribution in [-0.2, 0) is 32.4 Å². The van der Waals surface area contributed by atoms with Crippen LogP contribution in [-0.4, -0.2) is 31.5 Å². The molecule has 0 atom stereocenters. The van der Waals surface area contributed by atoms with Crippen molar-refractivity contribution in [1.82, 2.24) is 30.3 Å². The first-order valence-corrected chi connectivity index (χ1v) is 12.9. The molecule has 1 aliphatic carbocycles. The van der Waals surface area contributed by atoms with E-state index in [1.165, 1.54) is 16.7 Å². The Balaban J connectivity index is 1.18. The normalized spacial score (nSPS) is 13.1. The monoisotopic (exact) mass is 494 g/mol. The van der Waals surface area contributed by atoms with Gasteiger partial charge >= 0.3 is 0 Å². The van der Waals surface area contributed by atoms with E-state index in [4.69, 9.17) is 14.4 Å². The van der Waals surface area contributed by atoms with E-state index in [-0.39, 0.29) is 0 Å². The van der Waals surface area contributed by atoms with Crippen molar-refractivity contribution in [2.75, 3.05) is 6.54 Å². The molecular formula is C29H30N6O2. The molecule has 37 heavy (non-hydrogen) atoms. The van der Waals surface area contributed by atoms with E-state index < -0.39 is 0 Å². The smallest absolute Gasteiger partial charge is 0.235 e. The summed E-state index contributed by atoms with van der Waals surface area (Å²) in [4.78, 5) is 0. The summed E-state index contributed by atoms with van der Waals surface area (Å²) >= 11 is 0. The van der Waals surface area contributed by atoms with Gasteiger partial charge in [-0.25, -0.2) is 0 Å². The van der Waals surface area contributed by atoms with Gasteiger partial charge in [0.1, 0.15) is 12.4 Å². The fourth-order valence-corrected chi connectivity index (χ4v) is 4.94. The second-order valence-electron chi connectivity index (χ2n) is 9.57. The number of aryl methyl sites for hydroxylation is 2. The van der Waals surface area contributed by atoms with Crippen molar-refractivity contribution >= 4 is 5.65 Å². The summed E-state index contributed by atoms with van der Waals surface area (Å²) in [5, 5.41) is 21.3. The quantitative estimate of drug-likeness (QED) is 0.292. The van der Waals surface area contributed by atoms with Crippen molar-refractivity contribution in [2.45, 2.75) is 52.2 Å². The average Bonchev–Trinajstić information content (AvgIpc) is 3.56. The molecule has 3 aromatic heterocycles. The number of benzene rings is 2. The minimum Gasteiger partial charge on any atom is -0.472 e. The van der Waals surface area contributed by atoms with Gasteiger partial charge in [-0.1, -0.05) is 59.8 Å². The summed E-state index contributed by atoms with van der Waals surface area (Å²) in [5.74, 6) is 1.93. The number of rotatable bonds is 9. The highest BCUT2D eigenvalue weighted by atomic mass is 16.5. The average molecular weight is 495 g/mol. The van der Waals surface area contributed by atoms with Crippen molar-refractivity contribution in [1.29, 1.82) is 0 Å². The van der Waals surface area contributed by atoms with E-state index in [1.807, 2.05) is 13.0 Å². The van der Waals surface area contributed by atoms with E-state index >= 15 is 0 Å². The zero-order valence-electron chi connectivity index (χ0n) is 21.0. The molecule has 0 spiro atoms. The van der Waals surface area contributed by atoms with Gasteiger partial charge in [-0.3, -0.25) is 0 Å². The molecule has 0 bridgehead atoms. The fourth-order valence-electron chi connectivity index (χ4n) is 4.94. The van der Waals surface area contributed by atoms with E-state index in [0.29, 0.717) is 24.0 Å². The minimum absolute atomic E-state index is 0.448. The Morgan fingerprint density at radius 1 is 0.919 bits per heavy atom. The molecule has 0 saturated heterocycles. The van der Waals surface area contributed by atoms with Crippen LogP contribution in [0.25, 0.3) is 17.2 Å². The predicted molar refractivity (Wildman–Crippen MR) is 140 cm³/mol. The number of nitrogens with one attached hydrogen (secondary N) is 1. The van der Waals surface area contributed by atoms with Crippen LogP contribution >= 0.6 is 0 Å². The SMILES string of the molecule is Cc1cc(-c2nnc3c4c(c(OCc5cccc(CNCCc6ccccc6)c5)nn23)CCCC4)no1. The Bertz CT molecular complexity index is 1510. The molecule has 0 aliphatic heterocycles. The lowest BCUT2D eigenvalue weighted by molar-refractivity contribution is 0.283. The third-order valence-electron chi connectivity index (χ3n) is 6.81. The highest BCUT2D eigenvalue weighted by Crippen LogP contribution is 2.32. The number of fused-ring (bicyclic) bond motifs is 3. The minimum atomic E-state index is 0.448. The number of hydrogen-bond acceptors (Lipinski definition) is 7. The number of aromatic nitrogens is 5. The van der Waals surface area contributed by atoms with Gasteiger partial charge in [0, 0.05) is 23.7 Å². The standard InChI is InChI=1S/C29H30N6O2/c1-20-16-26(34-37-20)28-32-31-27-24-12-5-6-13-25(24)29(33-35(27)28)36-19-23-11-7-10-22(17-23)18-30-15-14-21-8-3-2-4-9-21/h2-4,7-11,16-17,30H,5-6,12-15,18-19H2,1H3. The van der Waals surface area contributed by atoms with Crippen LogP contribution < -0.4 is 10.1 Å². The van der Waals surface area contributed by atoms with Crippen LogP contribution in [0.5, 0.6) is 5.88 Å². The first-order valence-electron chi connectivity index (χ1n) is 12.9. The van der Waals surface area contributed by atoms with Crippen molar-refractivity contribution in [3.05, 3.63) is 94.2 Å². The van der Waals surface area contributed by atoms with Crippen LogP contribution in [0.1, 0.15) is 46.4 Å². The number of ether oxygens (including phenoxy) is 1. The Morgan fingerprint density at radius 3 is 2.57 bits per heavy atom. The molecule has 0 saturated carbocycles. The summed E-state index contributed by atoms with van der Waals surface area (Å²) in [6.07, 6.45) is 5.13. The summed E-state index contributed by atoms with van der Waals surface area (Å²) in [5.41, 5.74) is 7.42. The largest absolute Gasteiger partial charge is 0.472 e. The van der Waals surface area contributed by atoms with Gasteiger partial charge in [-0.05, 0) is 62.3 Å². The summed E-state index contributed by atoms with van der Waals surface area (Å²) in [7, 11) is 0. The molecule has 0 fully saturated rings. The van der Waals surface area contributed by atoms with E-state index in [2.05, 4.69) is 75.3 Å². The molecular weight excluding hydrogens is 464 g/mol. The maximum atomic E-state index is 6.35. The second-order valence-corrected chi connectivity index (χ2v) is 9.57. The van der Waals surface area contributed by atoms with Crippen LogP contribution in [0.15, 0.2) is 65.2 Å². The Hall–Kier alpha value is -4.04. The topological polar surface area (TPSA) is 90.4 Å². The molecule has 3 heterocycles. The van der Waals surface area contributed by atoms with Crippen LogP contribution in [0, 0.1) is 6.92 Å². The molecule has 6 rings (SSSR count). The maximum Gasteiger partial charge on any atom is 0.235 e. The highest BCUT2D eigenvalue weighted by molar-refractivity contribution is 5.60. The lowest BCUT2D eigenvalue weighted by Gasteiger charge is -2.19. The molecule has 2 aromatic carbocycles. The van der Waals surface area contributed by atoms with Gasteiger partial charge in [0.05, 0.1) is 0 Å². The van der Waals surface area contributed by atoms with Gasteiger partial charge in [0.15, 0.2) is 11.3 Å². The molecule has 188 valence electrons. The van der Waals surface area contributed by atoms with Crippen molar-refractivity contribution < 1.29 is 9.26 Å². The molecule has 0 radical (unpaired) electrons. The second kappa shape index (κ2) is 10.5. The highest BCUT2D eigenvalue weighted by Gasteiger charge is 2.24. The van der Waals surface area contributed by atoms with Crippen LogP contribution in [0.4, 0.5) is 0 Å². The molecule has 1 N–H and O–H groups in total. The molecule has 1 aliphatic rings. The van der Waals surface area contributed by atoms with Gasteiger partial charge in [0.2, 0.25) is 11.7 Å². The number of hydrogen-bond donors (Lipinski definition) is 1. The molecule has 5 aromatic rings. The van der Waals surface area contributed by atoms with Gasteiger partial charge in [0.25, 0.3) is 0 Å². The molecule has 0 unspecified atom stereocenters. The number of nitrogens with zero attached hydrogens (tertiary/aromatic N) is 5. The summed E-state index contributed by atoms with van der Waals surface area (Å²) < 4.78 is 13.4.